The van der Waals surface area contributed by atoms with Gasteiger partial charge in [-0.05, 0) is 251 Å². The molecule has 17 aromatic rings. The third kappa shape index (κ3) is 13.3. The number of nitrogens with one attached hydrogen (secondary N) is 7. The van der Waals surface area contributed by atoms with Gasteiger partial charge in [0, 0.05) is 137 Å². The van der Waals surface area contributed by atoms with Gasteiger partial charge in [-0.25, -0.2) is 29.9 Å². The highest BCUT2D eigenvalue weighted by Gasteiger charge is 2.34. The summed E-state index contributed by atoms with van der Waals surface area (Å²) in [6, 6.07) is 39.8. The molecule has 0 spiro atoms. The summed E-state index contributed by atoms with van der Waals surface area (Å²) in [4.78, 5) is 58.3. The van der Waals surface area contributed by atoms with Crippen molar-refractivity contribution in [1.82, 2.24) is 86.1 Å². The lowest BCUT2D eigenvalue weighted by Crippen LogP contribution is -2.22. The van der Waals surface area contributed by atoms with Crippen LogP contribution in [0, 0.1) is 76.2 Å². The number of aryl methyl sites for hydroxylation is 11. The Morgan fingerprint density at radius 3 is 1.17 bits per heavy atom. The van der Waals surface area contributed by atoms with E-state index in [9.17, 15) is 4.79 Å². The van der Waals surface area contributed by atoms with E-state index in [2.05, 4.69) is 176 Å². The van der Waals surface area contributed by atoms with Crippen LogP contribution in [-0.4, -0.2) is 82.0 Å². The Balaban J connectivity index is 0.000000101. The molecule has 118 heavy (non-hydrogen) atoms. The molecular weight excluding hydrogens is 1470 g/mol. The van der Waals surface area contributed by atoms with Gasteiger partial charge in [0.2, 0.25) is 5.56 Å². The fourth-order valence-electron chi connectivity index (χ4n) is 17.8. The fourth-order valence-corrected chi connectivity index (χ4v) is 17.8. The van der Waals surface area contributed by atoms with Gasteiger partial charge in [0.25, 0.3) is 0 Å². The third-order valence-corrected chi connectivity index (χ3v) is 24.0. The Bertz CT molecular complexity index is 7000. The molecule has 0 bridgehead atoms. The van der Waals surface area contributed by atoms with E-state index in [1.165, 1.54) is 68.1 Å². The van der Waals surface area contributed by atoms with Crippen LogP contribution in [0.4, 0.5) is 0 Å². The summed E-state index contributed by atoms with van der Waals surface area (Å²) in [5.74, 6) is 10.6. The average molecular weight is 1560 g/mol. The smallest absolute Gasteiger partial charge is 0.248 e. The average Bonchev–Trinajstić information content (AvgIpc) is 1.44. The van der Waals surface area contributed by atoms with Crippen molar-refractivity contribution in [2.45, 2.75) is 158 Å². The van der Waals surface area contributed by atoms with Crippen LogP contribution in [0.1, 0.15) is 184 Å². The second-order valence-electron chi connectivity index (χ2n) is 32.7. The van der Waals surface area contributed by atoms with Crippen LogP contribution in [0.2, 0.25) is 0 Å². The van der Waals surface area contributed by atoms with Crippen LogP contribution in [0.5, 0.6) is 0 Å². The van der Waals surface area contributed by atoms with Crippen molar-refractivity contribution in [1.29, 1.82) is 0 Å². The van der Waals surface area contributed by atoms with Crippen molar-refractivity contribution >= 4 is 72.5 Å². The molecule has 12 heterocycles. The lowest BCUT2D eigenvalue weighted by molar-refractivity contribution is 0.393. The Hall–Kier alpha value is -13.6. The van der Waals surface area contributed by atoms with E-state index in [0.29, 0.717) is 23.7 Å². The molecule has 22 heteroatoms. The number of hydrogen-bond donors (Lipinski definition) is 7. The number of imidazole rings is 4. The van der Waals surface area contributed by atoms with Gasteiger partial charge >= 0.3 is 0 Å². The molecular formula is C96H89N17O5. The first kappa shape index (κ1) is 73.3. The number of aromatic nitrogens is 15. The third-order valence-electron chi connectivity index (χ3n) is 24.0. The maximum Gasteiger partial charge on any atom is 0.248 e. The predicted molar refractivity (Wildman–Crippen MR) is 464 cm³/mol. The van der Waals surface area contributed by atoms with Gasteiger partial charge in [-0.1, -0.05) is 82.3 Å². The molecule has 4 fully saturated rings. The fraction of sp³-hybridized carbons (Fsp3) is 0.260. The zero-order valence-corrected chi connectivity index (χ0v) is 67.9. The number of nitrogens with zero attached hydrogens (tertiary/aromatic N) is 10. The molecule has 6 aliphatic rings. The topological polar surface area (TPSA) is 302 Å². The van der Waals surface area contributed by atoms with Gasteiger partial charge in [0.05, 0.1) is 66.9 Å². The second-order valence-corrected chi connectivity index (χ2v) is 32.7. The molecule has 588 valence electrons. The Morgan fingerprint density at radius 2 is 0.737 bits per heavy atom. The quantitative estimate of drug-likeness (QED) is 0.0598. The number of benzene rings is 7. The van der Waals surface area contributed by atoms with Crippen LogP contribution < -0.4 is 16.2 Å². The van der Waals surface area contributed by atoms with Gasteiger partial charge < -0.3 is 53.6 Å². The minimum absolute atomic E-state index is 0.106. The van der Waals surface area contributed by atoms with Gasteiger partial charge in [-0.3, -0.25) is 4.79 Å². The molecule has 23 rings (SSSR count). The van der Waals surface area contributed by atoms with Crippen LogP contribution in [0.25, 0.3) is 162 Å². The summed E-state index contributed by atoms with van der Waals surface area (Å²) in [7, 11) is 0. The van der Waals surface area contributed by atoms with Crippen molar-refractivity contribution in [3.05, 3.63) is 254 Å². The summed E-state index contributed by atoms with van der Waals surface area (Å²) >= 11 is 0. The van der Waals surface area contributed by atoms with Crippen molar-refractivity contribution in [2.75, 3.05) is 6.54 Å². The second kappa shape index (κ2) is 28.7. The van der Waals surface area contributed by atoms with E-state index < -0.39 is 0 Å². The molecule has 7 aromatic carbocycles. The summed E-state index contributed by atoms with van der Waals surface area (Å²) in [6.07, 6.45) is 14.7. The largest absolute Gasteiger partial charge is 0.385 e. The molecule has 7 N–H and O–H groups in total. The number of rotatable bonds is 12. The molecule has 22 nitrogen and oxygen atoms in total. The maximum absolute atomic E-state index is 11.8. The minimum atomic E-state index is -0.106. The first-order valence-electron chi connectivity index (χ1n) is 40.8. The first-order chi connectivity index (χ1) is 57.2. The van der Waals surface area contributed by atoms with Crippen LogP contribution in [0.3, 0.4) is 0 Å². The minimum Gasteiger partial charge on any atom is -0.385 e. The van der Waals surface area contributed by atoms with Gasteiger partial charge in [0.1, 0.15) is 52.2 Å². The summed E-state index contributed by atoms with van der Waals surface area (Å²) < 4.78 is 21.8. The molecule has 2 aliphatic heterocycles. The molecule has 10 aromatic heterocycles. The monoisotopic (exact) mass is 1560 g/mol. The highest BCUT2D eigenvalue weighted by Crippen LogP contribution is 2.49. The molecule has 4 aliphatic carbocycles. The zero-order valence-electron chi connectivity index (χ0n) is 67.9. The van der Waals surface area contributed by atoms with Crippen molar-refractivity contribution < 1.29 is 18.1 Å². The SMILES string of the molecule is C=C1NC=Cc2c1cccc2-c1cc(-c2c(C)noc2C)cc2[nH]c(C3CC3)nc12.C=C1NCCc2c1cccc2-c1cc(-c2c(C)noc2C)cc2[nH]c(C3CC3)nc12.Cc1nc(C)c(-c2cc(-c3c(C)noc3C)cc3[nH]c(C4CC4)nc23)c(C)n1.Cc1noc(C)c1-c1cc(-c2cccc3[nH]c(=O)ccc23)c2nc(C3CC3)[nH]c2c1. The van der Waals surface area contributed by atoms with Crippen LogP contribution >= 0.6 is 0 Å². The van der Waals surface area contributed by atoms with E-state index >= 15 is 0 Å². The maximum atomic E-state index is 11.8. The van der Waals surface area contributed by atoms with Crippen molar-refractivity contribution in [3.63, 3.8) is 0 Å². The first-order valence-corrected chi connectivity index (χ1v) is 40.8. The number of H-pyrrole nitrogens is 5. The molecule has 0 unspecified atom stereocenters. The summed E-state index contributed by atoms with van der Waals surface area (Å²) in [5.41, 5.74) is 38.4. The standard InChI is InChI=1S/C25H24N4O.C25H22N4O.C24H20N4O2.C22H23N5O/c2*1-13-18-5-4-6-19(20(18)9-10-26-13)21-11-17(23-14(2)29-30-15(23)3)12-22-24(21)28-25(27-22)16-7-8-16;1-12-22(13(2)30-28-12)15-10-18(23-20(11-15)26-24(27-23)14-6-7-14)16-4-3-5-19-17(16)8-9-21(29)25-19;1-10-19(11(2)24-14(5)23-10)17-8-16(20-12(3)27-28-13(20)4)9-18-21(17)26-22(25-18)15-6-7-15/h4-6,11-12,16,26H,1,7-10H2,2-3H3,(H,27,28);4-6,9-12,16,26H,1,7-8H2,2-3H3,(H,27,28);3-5,8-11,14H,6-7H2,1-2H3,(H,25,29)(H,26,27);8-9,15H,6-7H2,1-5H3,(H,25,26). The van der Waals surface area contributed by atoms with E-state index in [0.717, 1.165) is 260 Å². The van der Waals surface area contributed by atoms with E-state index in [1.54, 1.807) is 6.07 Å². The number of fused-ring (bicyclic) bond motifs is 7. The van der Waals surface area contributed by atoms with E-state index in [-0.39, 0.29) is 5.56 Å². The Morgan fingerprint density at radius 1 is 0.356 bits per heavy atom. The van der Waals surface area contributed by atoms with Gasteiger partial charge in [-0.2, -0.15) is 0 Å². The summed E-state index contributed by atoms with van der Waals surface area (Å²) in [5, 5.41) is 24.2. The van der Waals surface area contributed by atoms with Gasteiger partial charge in [-0.15, -0.1) is 0 Å². The highest BCUT2D eigenvalue weighted by atomic mass is 16.5. The zero-order chi connectivity index (χ0) is 80.8. The number of hydrogen-bond acceptors (Lipinski definition) is 17. The molecule has 4 saturated carbocycles. The lowest BCUT2D eigenvalue weighted by atomic mass is 9.88. The molecule has 0 atom stereocenters. The Kier molecular flexibility index (Phi) is 17.8. The molecule has 0 saturated heterocycles. The predicted octanol–water partition coefficient (Wildman–Crippen LogP) is 21.7. The molecule has 0 amide bonds. The molecule has 0 radical (unpaired) electrons. The van der Waals surface area contributed by atoms with Crippen LogP contribution in [0.15, 0.2) is 158 Å². The number of pyridine rings is 1. The lowest BCUT2D eigenvalue weighted by Gasteiger charge is -2.23. The normalized spacial score (nSPS) is 14.9. The van der Waals surface area contributed by atoms with Crippen molar-refractivity contribution in [2.24, 2.45) is 0 Å². The van der Waals surface area contributed by atoms with E-state index in [4.69, 9.17) is 38.0 Å². The summed E-state index contributed by atoms with van der Waals surface area (Å²) in [6.45, 7) is 31.0. The highest BCUT2D eigenvalue weighted by molar-refractivity contribution is 6.06. The Labute approximate surface area is 679 Å². The van der Waals surface area contributed by atoms with E-state index in [1.807, 2.05) is 101 Å². The number of aromatic amines is 5. The van der Waals surface area contributed by atoms with Gasteiger partial charge in [0.15, 0.2) is 0 Å². The van der Waals surface area contributed by atoms with Crippen LogP contribution in [-0.2, 0) is 6.42 Å². The van der Waals surface area contributed by atoms with Crippen molar-refractivity contribution in [3.8, 4) is 89.0 Å².